The first kappa shape index (κ1) is 19.3. The zero-order valence-corrected chi connectivity index (χ0v) is 16.2. The standard InChI is InChI=1S/C20H23FN6O2/c1-12(10-24-26-22)29-16-5-6-17(18(21)9-16)20(28)27(14-2-3-14)15-4-7-19-13(8-15)11-23-25-19/h5-6,9,11-12,14-15H,2-4,7-8,10H2,1H3,(H,23,25). The van der Waals surface area contributed by atoms with E-state index in [1.54, 1.807) is 13.0 Å². The van der Waals surface area contributed by atoms with Crippen LogP contribution in [0, 0.1) is 5.82 Å². The first-order valence-corrected chi connectivity index (χ1v) is 9.87. The largest absolute Gasteiger partial charge is 0.490 e. The number of azide groups is 1. The van der Waals surface area contributed by atoms with Crippen molar-refractivity contribution >= 4 is 5.91 Å². The molecular weight excluding hydrogens is 375 g/mol. The van der Waals surface area contributed by atoms with Gasteiger partial charge in [0.15, 0.2) is 0 Å². The monoisotopic (exact) mass is 398 g/mol. The van der Waals surface area contributed by atoms with E-state index in [1.807, 2.05) is 11.1 Å². The van der Waals surface area contributed by atoms with Gasteiger partial charge < -0.3 is 9.64 Å². The summed E-state index contributed by atoms with van der Waals surface area (Å²) < 4.78 is 20.3. The van der Waals surface area contributed by atoms with Gasteiger partial charge in [0, 0.05) is 28.8 Å². The fourth-order valence-electron chi connectivity index (χ4n) is 3.92. The lowest BCUT2D eigenvalue weighted by Gasteiger charge is -2.34. The Balaban J connectivity index is 1.50. The molecule has 1 heterocycles. The second kappa shape index (κ2) is 8.13. The maximum absolute atomic E-state index is 14.8. The Morgan fingerprint density at radius 3 is 3.00 bits per heavy atom. The van der Waals surface area contributed by atoms with Gasteiger partial charge >= 0.3 is 0 Å². The van der Waals surface area contributed by atoms with E-state index in [0.717, 1.165) is 43.4 Å². The molecule has 0 bridgehead atoms. The van der Waals surface area contributed by atoms with Crippen molar-refractivity contribution < 1.29 is 13.9 Å². The first-order chi connectivity index (χ1) is 14.1. The Labute approximate surface area is 167 Å². The lowest BCUT2D eigenvalue weighted by Crippen LogP contribution is -2.45. The predicted octanol–water partition coefficient (Wildman–Crippen LogP) is 3.79. The number of halogens is 1. The minimum absolute atomic E-state index is 0.0549. The second-order valence-corrected chi connectivity index (χ2v) is 7.70. The summed E-state index contributed by atoms with van der Waals surface area (Å²) in [6, 6.07) is 4.53. The van der Waals surface area contributed by atoms with Gasteiger partial charge in [-0.05, 0) is 62.3 Å². The van der Waals surface area contributed by atoms with Crippen LogP contribution >= 0.6 is 0 Å². The van der Waals surface area contributed by atoms with Gasteiger partial charge in [0.05, 0.1) is 18.3 Å². The number of ether oxygens (including phenoxy) is 1. The highest BCUT2D eigenvalue weighted by Gasteiger charge is 2.40. The second-order valence-electron chi connectivity index (χ2n) is 7.70. The van der Waals surface area contributed by atoms with Gasteiger partial charge in [-0.2, -0.15) is 5.10 Å². The molecule has 2 atom stereocenters. The SMILES string of the molecule is CC(CN=[N+]=[N-])Oc1ccc(C(=O)N(C2CC2)C2CCc3[nH]ncc3C2)c(F)c1. The predicted molar refractivity (Wildman–Crippen MR) is 104 cm³/mol. The Bertz CT molecular complexity index is 950. The Morgan fingerprint density at radius 1 is 1.45 bits per heavy atom. The summed E-state index contributed by atoms with van der Waals surface area (Å²) in [6.45, 7) is 1.87. The Morgan fingerprint density at radius 2 is 2.28 bits per heavy atom. The molecule has 0 radical (unpaired) electrons. The number of nitrogens with zero attached hydrogens (tertiary/aromatic N) is 5. The smallest absolute Gasteiger partial charge is 0.257 e. The number of aromatic amines is 1. The Hall–Kier alpha value is -3.06. The van der Waals surface area contributed by atoms with Crippen LogP contribution in [-0.4, -0.2) is 45.7 Å². The topological polar surface area (TPSA) is 107 Å². The summed E-state index contributed by atoms with van der Waals surface area (Å²) in [5.74, 6) is -0.567. The molecule has 1 N–H and O–H groups in total. The van der Waals surface area contributed by atoms with Gasteiger partial charge in [-0.15, -0.1) is 0 Å². The van der Waals surface area contributed by atoms with Crippen molar-refractivity contribution in [3.63, 3.8) is 0 Å². The maximum atomic E-state index is 14.8. The average molecular weight is 398 g/mol. The number of benzene rings is 1. The minimum atomic E-state index is -0.603. The van der Waals surface area contributed by atoms with E-state index in [9.17, 15) is 9.18 Å². The number of nitrogens with one attached hydrogen (secondary N) is 1. The lowest BCUT2D eigenvalue weighted by molar-refractivity contribution is 0.0638. The molecule has 2 aliphatic carbocycles. The summed E-state index contributed by atoms with van der Waals surface area (Å²) in [5, 5.41) is 10.6. The van der Waals surface area contributed by atoms with Crippen LogP contribution in [0.25, 0.3) is 10.4 Å². The van der Waals surface area contributed by atoms with Crippen LogP contribution in [0.15, 0.2) is 29.5 Å². The normalized spacial score (nSPS) is 19.0. The van der Waals surface area contributed by atoms with E-state index >= 15 is 0 Å². The number of aromatic nitrogens is 2. The molecule has 1 saturated carbocycles. The molecule has 0 spiro atoms. The number of carbonyl (C=O) groups is 1. The molecule has 2 unspecified atom stereocenters. The number of fused-ring (bicyclic) bond motifs is 1. The molecule has 152 valence electrons. The highest BCUT2D eigenvalue weighted by atomic mass is 19.1. The average Bonchev–Trinajstić information content (AvgIpc) is 3.42. The van der Waals surface area contributed by atoms with Crippen LogP contribution < -0.4 is 4.74 Å². The van der Waals surface area contributed by atoms with Crippen LogP contribution in [0.5, 0.6) is 5.75 Å². The molecule has 29 heavy (non-hydrogen) atoms. The summed E-state index contributed by atoms with van der Waals surface area (Å²) in [7, 11) is 0. The number of hydrogen-bond acceptors (Lipinski definition) is 4. The zero-order valence-electron chi connectivity index (χ0n) is 16.2. The van der Waals surface area contributed by atoms with Crippen LogP contribution in [0.1, 0.15) is 47.8 Å². The number of amides is 1. The molecule has 1 amide bonds. The molecule has 0 aliphatic heterocycles. The fraction of sp³-hybridized carbons (Fsp3) is 0.500. The van der Waals surface area contributed by atoms with Crippen molar-refractivity contribution in [1.29, 1.82) is 0 Å². The highest BCUT2D eigenvalue weighted by Crippen LogP contribution is 2.35. The molecule has 9 heteroatoms. The van der Waals surface area contributed by atoms with E-state index < -0.39 is 5.82 Å². The van der Waals surface area contributed by atoms with Gasteiger partial charge in [0.2, 0.25) is 0 Å². The summed E-state index contributed by atoms with van der Waals surface area (Å²) >= 11 is 0. The van der Waals surface area contributed by atoms with Crippen LogP contribution in [0.4, 0.5) is 4.39 Å². The fourth-order valence-corrected chi connectivity index (χ4v) is 3.92. The van der Waals surface area contributed by atoms with E-state index in [2.05, 4.69) is 20.2 Å². The minimum Gasteiger partial charge on any atom is -0.490 e. The van der Waals surface area contributed by atoms with Crippen molar-refractivity contribution in [1.82, 2.24) is 15.1 Å². The number of aryl methyl sites for hydroxylation is 1. The number of carbonyl (C=O) groups excluding carboxylic acids is 1. The molecule has 4 rings (SSSR count). The van der Waals surface area contributed by atoms with E-state index in [-0.39, 0.29) is 36.2 Å². The third-order valence-electron chi connectivity index (χ3n) is 5.47. The summed E-state index contributed by atoms with van der Waals surface area (Å²) in [5.41, 5.74) is 10.7. The third-order valence-corrected chi connectivity index (χ3v) is 5.47. The van der Waals surface area contributed by atoms with Crippen molar-refractivity contribution in [3.8, 4) is 5.75 Å². The summed E-state index contributed by atoms with van der Waals surface area (Å²) in [6.07, 6.45) is 5.78. The summed E-state index contributed by atoms with van der Waals surface area (Å²) in [4.78, 5) is 17.8. The van der Waals surface area contributed by atoms with Gasteiger partial charge in [0.25, 0.3) is 5.91 Å². The van der Waals surface area contributed by atoms with Gasteiger partial charge in [0.1, 0.15) is 17.7 Å². The van der Waals surface area contributed by atoms with E-state index in [4.69, 9.17) is 10.3 Å². The van der Waals surface area contributed by atoms with Gasteiger partial charge in [-0.3, -0.25) is 9.89 Å². The molecule has 1 aromatic heterocycles. The van der Waals surface area contributed by atoms with Crippen molar-refractivity contribution in [2.75, 3.05) is 6.54 Å². The van der Waals surface area contributed by atoms with Crippen molar-refractivity contribution in [2.45, 2.75) is 57.2 Å². The molecule has 8 nitrogen and oxygen atoms in total. The highest BCUT2D eigenvalue weighted by molar-refractivity contribution is 5.95. The zero-order chi connectivity index (χ0) is 20.4. The molecule has 2 aliphatic rings. The molecular formula is C20H23FN6O2. The number of hydrogen-bond donors (Lipinski definition) is 1. The van der Waals surface area contributed by atoms with Crippen LogP contribution in [0.3, 0.4) is 0 Å². The molecule has 1 fully saturated rings. The van der Waals surface area contributed by atoms with Crippen LogP contribution in [0.2, 0.25) is 0 Å². The van der Waals surface area contributed by atoms with Crippen molar-refractivity contribution in [2.24, 2.45) is 5.11 Å². The molecule has 2 aromatic rings. The third kappa shape index (κ3) is 4.19. The number of H-pyrrole nitrogens is 1. The van der Waals surface area contributed by atoms with Gasteiger partial charge in [-0.25, -0.2) is 4.39 Å². The molecule has 1 aromatic carbocycles. The van der Waals surface area contributed by atoms with E-state index in [1.165, 1.54) is 12.1 Å². The van der Waals surface area contributed by atoms with Crippen molar-refractivity contribution in [3.05, 3.63) is 57.5 Å². The Kier molecular flexibility index (Phi) is 5.40. The molecule has 0 saturated heterocycles. The van der Waals surface area contributed by atoms with Crippen LogP contribution in [-0.2, 0) is 12.8 Å². The maximum Gasteiger partial charge on any atom is 0.257 e. The van der Waals surface area contributed by atoms with Gasteiger partial charge in [-0.1, -0.05) is 5.11 Å². The quantitative estimate of drug-likeness (QED) is 0.435. The first-order valence-electron chi connectivity index (χ1n) is 9.87. The number of rotatable bonds is 7. The lowest BCUT2D eigenvalue weighted by atomic mass is 9.91. The van der Waals surface area contributed by atoms with E-state index in [0.29, 0.717) is 5.75 Å².